The summed E-state index contributed by atoms with van der Waals surface area (Å²) >= 11 is 1.36. The molecule has 0 aromatic carbocycles. The maximum absolute atomic E-state index is 11.8. The first kappa shape index (κ1) is 15.2. The number of ketones is 1. The predicted molar refractivity (Wildman–Crippen MR) is 81.9 cm³/mol. The molecule has 0 aliphatic rings. The summed E-state index contributed by atoms with van der Waals surface area (Å²) in [7, 11) is 0. The Hall–Kier alpha value is -2.67. The van der Waals surface area contributed by atoms with Gasteiger partial charge in [-0.15, -0.1) is 11.3 Å². The van der Waals surface area contributed by atoms with E-state index in [1.807, 2.05) is 5.38 Å². The van der Waals surface area contributed by atoms with Crippen LogP contribution >= 0.6 is 11.3 Å². The van der Waals surface area contributed by atoms with Gasteiger partial charge in [0.15, 0.2) is 11.5 Å². The minimum Gasteiger partial charge on any atom is -0.461 e. The number of nitrogens with zero attached hydrogens (tertiary/aromatic N) is 1. The van der Waals surface area contributed by atoms with Crippen LogP contribution in [0.1, 0.15) is 28.2 Å². The van der Waals surface area contributed by atoms with E-state index in [9.17, 15) is 9.59 Å². The Kier molecular flexibility index (Phi) is 4.68. The second-order valence-electron chi connectivity index (χ2n) is 4.72. The third kappa shape index (κ3) is 3.95. The number of thiophene rings is 1. The molecule has 7 heteroatoms. The highest BCUT2D eigenvalue weighted by molar-refractivity contribution is 7.12. The van der Waals surface area contributed by atoms with Crippen LogP contribution in [0.3, 0.4) is 0 Å². The van der Waals surface area contributed by atoms with E-state index in [4.69, 9.17) is 13.7 Å². The molecular weight excluding hydrogens is 318 g/mol. The smallest absolute Gasteiger partial charge is 0.306 e. The molecule has 6 nitrogen and oxygen atoms in total. The summed E-state index contributed by atoms with van der Waals surface area (Å²) in [5, 5.41) is 5.63. The zero-order valence-electron chi connectivity index (χ0n) is 12.1. The van der Waals surface area contributed by atoms with Crippen LogP contribution in [0, 0.1) is 0 Å². The number of rotatable bonds is 7. The molecule has 0 atom stereocenters. The first-order valence-electron chi connectivity index (χ1n) is 6.94. The average Bonchev–Trinajstić information content (AvgIpc) is 3.32. The molecule has 3 aromatic heterocycles. The van der Waals surface area contributed by atoms with Gasteiger partial charge in [-0.3, -0.25) is 9.59 Å². The number of esters is 1. The van der Waals surface area contributed by atoms with Gasteiger partial charge in [-0.2, -0.15) is 0 Å². The molecule has 0 amide bonds. The zero-order valence-corrected chi connectivity index (χ0v) is 12.9. The molecule has 0 N–H and O–H groups in total. The summed E-state index contributed by atoms with van der Waals surface area (Å²) in [5.41, 5.74) is 0.481. The van der Waals surface area contributed by atoms with Gasteiger partial charge in [0.1, 0.15) is 12.3 Å². The molecule has 23 heavy (non-hydrogen) atoms. The number of aromatic nitrogens is 1. The molecule has 0 aliphatic carbocycles. The normalized spacial score (nSPS) is 10.6. The van der Waals surface area contributed by atoms with Crippen molar-refractivity contribution in [2.45, 2.75) is 19.4 Å². The molecule has 3 aromatic rings. The van der Waals surface area contributed by atoms with E-state index in [1.54, 1.807) is 30.3 Å². The van der Waals surface area contributed by atoms with Crippen molar-refractivity contribution in [1.29, 1.82) is 0 Å². The molecular formula is C16H13NO5S. The van der Waals surface area contributed by atoms with E-state index in [0.29, 0.717) is 22.1 Å². The number of carbonyl (C=O) groups excluding carboxylic acids is 2. The van der Waals surface area contributed by atoms with E-state index in [2.05, 4.69) is 5.16 Å². The van der Waals surface area contributed by atoms with Crippen LogP contribution in [0.5, 0.6) is 0 Å². The van der Waals surface area contributed by atoms with Crippen LogP contribution in [0.15, 0.2) is 50.9 Å². The molecule has 3 rings (SSSR count). The van der Waals surface area contributed by atoms with Crippen LogP contribution in [-0.2, 0) is 16.1 Å². The standard InChI is InChI=1S/C16H13NO5S/c18-12(15-4-2-8-23-15)5-6-16(19)21-10-11-9-14(22-17-11)13-3-1-7-20-13/h1-4,7-9H,5-6,10H2. The third-order valence-electron chi connectivity index (χ3n) is 3.06. The van der Waals surface area contributed by atoms with Crippen molar-refractivity contribution in [2.75, 3.05) is 0 Å². The largest absolute Gasteiger partial charge is 0.461 e. The molecule has 0 fully saturated rings. The van der Waals surface area contributed by atoms with E-state index >= 15 is 0 Å². The Labute approximate surface area is 135 Å². The molecule has 0 spiro atoms. The zero-order chi connectivity index (χ0) is 16.1. The van der Waals surface area contributed by atoms with Crippen LogP contribution in [-0.4, -0.2) is 16.9 Å². The summed E-state index contributed by atoms with van der Waals surface area (Å²) in [6, 6.07) is 8.67. The Morgan fingerprint density at radius 3 is 2.83 bits per heavy atom. The van der Waals surface area contributed by atoms with Crippen LogP contribution in [0.2, 0.25) is 0 Å². The lowest BCUT2D eigenvalue weighted by Crippen LogP contribution is -2.07. The van der Waals surface area contributed by atoms with Crippen molar-refractivity contribution >= 4 is 23.1 Å². The highest BCUT2D eigenvalue weighted by Gasteiger charge is 2.13. The molecule has 0 saturated carbocycles. The van der Waals surface area contributed by atoms with Gasteiger partial charge in [0.2, 0.25) is 5.76 Å². The first-order chi connectivity index (χ1) is 11.2. The highest BCUT2D eigenvalue weighted by atomic mass is 32.1. The third-order valence-corrected chi connectivity index (χ3v) is 3.97. The van der Waals surface area contributed by atoms with Gasteiger partial charge in [0, 0.05) is 12.5 Å². The fourth-order valence-electron chi connectivity index (χ4n) is 1.92. The van der Waals surface area contributed by atoms with Crippen molar-refractivity contribution in [2.24, 2.45) is 0 Å². The minimum atomic E-state index is -0.447. The van der Waals surface area contributed by atoms with Crippen molar-refractivity contribution in [3.8, 4) is 11.5 Å². The fourth-order valence-corrected chi connectivity index (χ4v) is 2.61. The second-order valence-corrected chi connectivity index (χ2v) is 5.67. The summed E-state index contributed by atoms with van der Waals surface area (Å²) in [6.45, 7) is -0.00374. The number of hydrogen-bond donors (Lipinski definition) is 0. The summed E-state index contributed by atoms with van der Waals surface area (Å²) in [5.74, 6) is 0.515. The van der Waals surface area contributed by atoms with E-state index in [0.717, 1.165) is 0 Å². The van der Waals surface area contributed by atoms with Gasteiger partial charge in [-0.05, 0) is 23.6 Å². The monoisotopic (exact) mass is 331 g/mol. The Bertz CT molecular complexity index is 773. The lowest BCUT2D eigenvalue weighted by molar-refractivity contribution is -0.145. The summed E-state index contributed by atoms with van der Waals surface area (Å²) < 4.78 is 15.4. The van der Waals surface area contributed by atoms with Gasteiger partial charge >= 0.3 is 5.97 Å². The lowest BCUT2D eigenvalue weighted by Gasteiger charge is -2.01. The fraction of sp³-hybridized carbons (Fsp3) is 0.188. The Morgan fingerprint density at radius 2 is 2.09 bits per heavy atom. The van der Waals surface area contributed by atoms with Gasteiger partial charge in [0.05, 0.1) is 17.6 Å². The number of ether oxygens (including phenoxy) is 1. The SMILES string of the molecule is O=C(CCC(=O)c1cccs1)OCc1cc(-c2ccco2)on1. The minimum absolute atomic E-state index is 0.00374. The molecule has 0 unspecified atom stereocenters. The van der Waals surface area contributed by atoms with Gasteiger partial charge in [0.25, 0.3) is 0 Å². The van der Waals surface area contributed by atoms with Crippen LogP contribution < -0.4 is 0 Å². The lowest BCUT2D eigenvalue weighted by atomic mass is 10.2. The van der Waals surface area contributed by atoms with Crippen molar-refractivity contribution in [3.63, 3.8) is 0 Å². The molecule has 118 valence electrons. The van der Waals surface area contributed by atoms with Crippen LogP contribution in [0.25, 0.3) is 11.5 Å². The second kappa shape index (κ2) is 7.06. The topological polar surface area (TPSA) is 82.5 Å². The summed E-state index contributed by atoms with van der Waals surface area (Å²) in [4.78, 5) is 24.1. The van der Waals surface area contributed by atoms with E-state index in [1.165, 1.54) is 17.6 Å². The number of furan rings is 1. The van der Waals surface area contributed by atoms with Gasteiger partial charge in [-0.1, -0.05) is 11.2 Å². The highest BCUT2D eigenvalue weighted by Crippen LogP contribution is 2.21. The van der Waals surface area contributed by atoms with Crippen LogP contribution in [0.4, 0.5) is 0 Å². The maximum Gasteiger partial charge on any atom is 0.306 e. The molecule has 3 heterocycles. The molecule has 0 radical (unpaired) electrons. The number of Topliss-reactive ketones (excluding diaryl/α,β-unsaturated/α-hetero) is 1. The maximum atomic E-state index is 11.8. The number of hydrogen-bond acceptors (Lipinski definition) is 7. The molecule has 0 bridgehead atoms. The molecule has 0 saturated heterocycles. The Balaban J connectivity index is 1.45. The average molecular weight is 331 g/mol. The van der Waals surface area contributed by atoms with Crippen molar-refractivity contribution in [1.82, 2.24) is 5.16 Å². The Morgan fingerprint density at radius 1 is 1.17 bits per heavy atom. The number of carbonyl (C=O) groups is 2. The van der Waals surface area contributed by atoms with E-state index < -0.39 is 5.97 Å². The first-order valence-corrected chi connectivity index (χ1v) is 7.82. The van der Waals surface area contributed by atoms with E-state index in [-0.39, 0.29) is 25.2 Å². The quantitative estimate of drug-likeness (QED) is 0.485. The molecule has 0 aliphatic heterocycles. The van der Waals surface area contributed by atoms with Gasteiger partial charge in [-0.25, -0.2) is 0 Å². The van der Waals surface area contributed by atoms with Crippen molar-refractivity contribution < 1.29 is 23.3 Å². The van der Waals surface area contributed by atoms with Crippen molar-refractivity contribution in [3.05, 3.63) is 52.5 Å². The van der Waals surface area contributed by atoms with Gasteiger partial charge < -0.3 is 13.7 Å². The predicted octanol–water partition coefficient (Wildman–Crippen LogP) is 3.70. The summed E-state index contributed by atoms with van der Waals surface area (Å²) in [6.07, 6.45) is 1.71.